The molecule has 0 aromatic rings. The van der Waals surface area contributed by atoms with Crippen LogP contribution in [0.25, 0.3) is 0 Å². The van der Waals surface area contributed by atoms with Crippen LogP contribution in [0.2, 0.25) is 0 Å². The number of ether oxygens (including phenoxy) is 1. The number of aliphatic hydroxyl groups excluding tert-OH is 1. The molecular weight excluding hydrogens is 512 g/mol. The number of esters is 1. The number of nitrogens with zero attached hydrogens (tertiary/aromatic N) is 1. The Bertz CT molecular complexity index is 1070. The topological polar surface area (TPSA) is 182 Å². The van der Waals surface area contributed by atoms with Gasteiger partial charge >= 0.3 is 5.97 Å². The Kier molecular flexibility index (Phi) is 8.18. The zero-order chi connectivity index (χ0) is 28.6. The van der Waals surface area contributed by atoms with Crippen LogP contribution in [0.15, 0.2) is 11.6 Å². The number of allylic oxidation sites excluding steroid dienone is 1. The van der Waals surface area contributed by atoms with Gasteiger partial charge in [0.2, 0.25) is 11.7 Å². The first-order valence-electron chi connectivity index (χ1n) is 13.7. The fraction of sp³-hybridized carbons (Fsp3) is 0.778. The molecule has 0 aromatic carbocycles. The number of hydrogen-bond donors (Lipinski definition) is 3. The second kappa shape index (κ2) is 11.0. The number of nitrogens with one attached hydrogen (secondary N) is 1. The highest BCUT2D eigenvalue weighted by molar-refractivity contribution is 5.92. The van der Waals surface area contributed by atoms with Crippen molar-refractivity contribution in [1.82, 2.24) is 5.32 Å². The van der Waals surface area contributed by atoms with E-state index in [0.29, 0.717) is 19.3 Å². The fourth-order valence-corrected chi connectivity index (χ4v) is 8.10. The molecular formula is C27H38N2O10. The molecule has 216 valence electrons. The summed E-state index contributed by atoms with van der Waals surface area (Å²) in [5, 5.41) is 34.6. The van der Waals surface area contributed by atoms with Gasteiger partial charge in [-0.2, -0.15) is 0 Å². The van der Waals surface area contributed by atoms with E-state index in [-0.39, 0.29) is 61.2 Å². The minimum Gasteiger partial charge on any atom is -0.456 e. The Balaban J connectivity index is 1.35. The molecule has 12 heteroatoms. The number of amides is 1. The molecule has 1 amide bonds. The zero-order valence-electron chi connectivity index (χ0n) is 22.5. The monoisotopic (exact) mass is 550 g/mol. The van der Waals surface area contributed by atoms with E-state index in [9.17, 15) is 39.5 Å². The summed E-state index contributed by atoms with van der Waals surface area (Å²) in [5.41, 5.74) is -1.82. The van der Waals surface area contributed by atoms with E-state index in [1.807, 2.05) is 6.92 Å². The highest BCUT2D eigenvalue weighted by atomic mass is 16.9. The van der Waals surface area contributed by atoms with E-state index in [4.69, 9.17) is 4.74 Å². The van der Waals surface area contributed by atoms with Crippen LogP contribution in [0.3, 0.4) is 0 Å². The van der Waals surface area contributed by atoms with Crippen molar-refractivity contribution in [1.29, 1.82) is 0 Å². The number of rotatable bonds is 10. The Morgan fingerprint density at radius 3 is 2.67 bits per heavy atom. The number of carbonyl (C=O) groups is 4. The minimum atomic E-state index is -1.76. The Labute approximate surface area is 226 Å². The van der Waals surface area contributed by atoms with Gasteiger partial charge in [0, 0.05) is 18.3 Å². The van der Waals surface area contributed by atoms with Crippen LogP contribution in [0.1, 0.15) is 71.6 Å². The summed E-state index contributed by atoms with van der Waals surface area (Å²) in [6.45, 7) is 2.61. The molecule has 0 unspecified atom stereocenters. The average Bonchev–Trinajstić information content (AvgIpc) is 3.14. The second-order valence-corrected chi connectivity index (χ2v) is 12.0. The van der Waals surface area contributed by atoms with E-state index in [1.165, 1.54) is 0 Å². The highest BCUT2D eigenvalue weighted by Crippen LogP contribution is 2.67. The Morgan fingerprint density at radius 2 is 1.95 bits per heavy atom. The zero-order valence-corrected chi connectivity index (χ0v) is 22.5. The van der Waals surface area contributed by atoms with Crippen LogP contribution in [0.4, 0.5) is 0 Å². The number of Topliss-reactive ketones (excluding diaryl/α,β-unsaturated/α-hetero) is 1. The van der Waals surface area contributed by atoms with Crippen LogP contribution >= 0.6 is 0 Å². The SMILES string of the molecule is C[C@]12CCC(=O)C=C1CC[C@@H]1[C@@H]2[C@@H](O)C[C@@]2(C)[C@H]1CC[C@]2(O)C(=O)COC(=O)CNC(=O)CCCO[N+](=O)[O-]. The van der Waals surface area contributed by atoms with Crippen molar-refractivity contribution in [3.8, 4) is 0 Å². The first kappa shape index (κ1) is 29.1. The van der Waals surface area contributed by atoms with Crippen molar-refractivity contribution >= 4 is 23.4 Å². The number of ketones is 2. The molecule has 3 saturated carbocycles. The smallest absolute Gasteiger partial charge is 0.325 e. The van der Waals surface area contributed by atoms with Gasteiger partial charge < -0.3 is 25.1 Å². The van der Waals surface area contributed by atoms with Crippen molar-refractivity contribution < 1.29 is 44.1 Å². The first-order valence-corrected chi connectivity index (χ1v) is 13.7. The maximum absolute atomic E-state index is 13.3. The van der Waals surface area contributed by atoms with Crippen molar-refractivity contribution in [3.05, 3.63) is 21.8 Å². The standard InChI is InChI=1S/C27H38N2O10/c1-25-9-7-17(30)12-16(25)5-6-18-19-8-10-27(35,26(19,2)13-20(31)24(18)25)21(32)15-38-23(34)14-28-22(33)4-3-11-39-29(36)37/h12,18-20,24,31,35H,3-11,13-15H2,1-2H3,(H,28,33)/t18-,19-,20-,24+,25-,26-,27-/m0/s1. The minimum absolute atomic E-state index is 0.00475. The Morgan fingerprint density at radius 1 is 1.21 bits per heavy atom. The van der Waals surface area contributed by atoms with E-state index in [0.717, 1.165) is 18.4 Å². The molecule has 3 N–H and O–H groups in total. The lowest BCUT2D eigenvalue weighted by molar-refractivity contribution is -0.757. The summed E-state index contributed by atoms with van der Waals surface area (Å²) in [6, 6.07) is 0. The quantitative estimate of drug-likeness (QED) is 0.156. The van der Waals surface area contributed by atoms with Gasteiger partial charge in [0.1, 0.15) is 12.1 Å². The summed E-state index contributed by atoms with van der Waals surface area (Å²) in [6.07, 6.45) is 4.79. The molecule has 3 fully saturated rings. The molecule has 0 aliphatic heterocycles. The molecule has 4 aliphatic carbocycles. The van der Waals surface area contributed by atoms with Crippen LogP contribution < -0.4 is 5.32 Å². The lowest BCUT2D eigenvalue weighted by atomic mass is 9.45. The molecule has 0 spiro atoms. The molecule has 4 rings (SSSR count). The van der Waals surface area contributed by atoms with Crippen LogP contribution in [-0.2, 0) is 28.8 Å². The third-order valence-electron chi connectivity index (χ3n) is 10.0. The highest BCUT2D eigenvalue weighted by Gasteiger charge is 2.68. The summed E-state index contributed by atoms with van der Waals surface area (Å²) in [7, 11) is 0. The molecule has 7 atom stereocenters. The molecule has 12 nitrogen and oxygen atoms in total. The molecule has 39 heavy (non-hydrogen) atoms. The number of fused-ring (bicyclic) bond motifs is 5. The van der Waals surface area contributed by atoms with Gasteiger partial charge in [-0.05, 0) is 74.2 Å². The summed E-state index contributed by atoms with van der Waals surface area (Å²) < 4.78 is 5.06. The lowest BCUT2D eigenvalue weighted by Gasteiger charge is -2.60. The van der Waals surface area contributed by atoms with Gasteiger partial charge in [-0.15, -0.1) is 10.1 Å². The number of hydrogen-bond acceptors (Lipinski definition) is 10. The molecule has 0 saturated heterocycles. The molecule has 0 heterocycles. The number of aliphatic hydroxyl groups is 2. The normalized spacial score (nSPS) is 37.0. The van der Waals surface area contributed by atoms with E-state index >= 15 is 0 Å². The maximum Gasteiger partial charge on any atom is 0.325 e. The summed E-state index contributed by atoms with van der Waals surface area (Å²) >= 11 is 0. The van der Waals surface area contributed by atoms with Crippen molar-refractivity contribution in [2.24, 2.45) is 28.6 Å². The predicted molar refractivity (Wildman–Crippen MR) is 134 cm³/mol. The maximum atomic E-state index is 13.3. The van der Waals surface area contributed by atoms with Gasteiger partial charge in [0.15, 0.2) is 12.4 Å². The van der Waals surface area contributed by atoms with Crippen LogP contribution in [-0.4, -0.2) is 70.2 Å². The van der Waals surface area contributed by atoms with Crippen LogP contribution in [0, 0.1) is 38.7 Å². The van der Waals surface area contributed by atoms with Crippen molar-refractivity contribution in [3.63, 3.8) is 0 Å². The second-order valence-electron chi connectivity index (χ2n) is 12.0. The fourth-order valence-electron chi connectivity index (χ4n) is 8.10. The van der Waals surface area contributed by atoms with Gasteiger partial charge in [-0.25, -0.2) is 0 Å². The number of carbonyl (C=O) groups excluding carboxylic acids is 4. The molecule has 4 aliphatic rings. The molecule has 0 bridgehead atoms. The lowest BCUT2D eigenvalue weighted by Crippen LogP contribution is -2.62. The van der Waals surface area contributed by atoms with Gasteiger partial charge in [-0.3, -0.25) is 19.2 Å². The third kappa shape index (κ3) is 5.32. The van der Waals surface area contributed by atoms with Gasteiger partial charge in [0.25, 0.3) is 5.09 Å². The van der Waals surface area contributed by atoms with Gasteiger partial charge in [-0.1, -0.05) is 19.4 Å². The van der Waals surface area contributed by atoms with Crippen LogP contribution in [0.5, 0.6) is 0 Å². The first-order chi connectivity index (χ1) is 18.3. The van der Waals surface area contributed by atoms with E-state index in [2.05, 4.69) is 17.1 Å². The Hall–Kier alpha value is -2.86. The van der Waals surface area contributed by atoms with E-state index in [1.54, 1.807) is 6.08 Å². The van der Waals surface area contributed by atoms with Crippen molar-refractivity contribution in [2.45, 2.75) is 83.3 Å². The predicted octanol–water partition coefficient (Wildman–Crippen LogP) is 1.44. The van der Waals surface area contributed by atoms with E-state index < -0.39 is 53.0 Å². The summed E-state index contributed by atoms with van der Waals surface area (Å²) in [4.78, 5) is 63.5. The molecule has 0 radical (unpaired) electrons. The van der Waals surface area contributed by atoms with Gasteiger partial charge in [0.05, 0.1) is 12.7 Å². The molecule has 0 aromatic heterocycles. The largest absolute Gasteiger partial charge is 0.456 e. The summed E-state index contributed by atoms with van der Waals surface area (Å²) in [5.74, 6) is -1.81. The van der Waals surface area contributed by atoms with Crippen molar-refractivity contribution in [2.75, 3.05) is 19.8 Å². The third-order valence-corrected chi connectivity index (χ3v) is 10.0. The average molecular weight is 551 g/mol.